The number of hydrogen-bond acceptors (Lipinski definition) is 12. The molecule has 2 aromatic carbocycles. The maximum absolute atomic E-state index is 13.7. The summed E-state index contributed by atoms with van der Waals surface area (Å²) in [6.45, 7) is 1.59. The summed E-state index contributed by atoms with van der Waals surface area (Å²) in [6, 6.07) is 8.50. The largest absolute Gasteiger partial charge is 0.495 e. The van der Waals surface area contributed by atoms with Gasteiger partial charge in [0.05, 0.1) is 45.6 Å². The van der Waals surface area contributed by atoms with Crippen LogP contribution in [0.25, 0.3) is 11.0 Å². The van der Waals surface area contributed by atoms with E-state index in [0.29, 0.717) is 52.9 Å². The van der Waals surface area contributed by atoms with E-state index < -0.39 is 16.3 Å². The molecule has 45 heavy (non-hydrogen) atoms. The topological polar surface area (TPSA) is 157 Å². The van der Waals surface area contributed by atoms with E-state index in [0.717, 1.165) is 44.4 Å². The molecular weight excluding hydrogens is 606 g/mol. The van der Waals surface area contributed by atoms with Gasteiger partial charge in [-0.3, -0.25) is 4.72 Å². The summed E-state index contributed by atoms with van der Waals surface area (Å²) in [5.74, 6) is 1.65. The number of methoxy groups -OCH3 is 3. The highest BCUT2D eigenvalue weighted by molar-refractivity contribution is 7.93. The van der Waals surface area contributed by atoms with Crippen molar-refractivity contribution < 1.29 is 41.4 Å². The smallest absolute Gasteiger partial charge is 0.270 e. The Balaban J connectivity index is 1.18. The van der Waals surface area contributed by atoms with Crippen LogP contribution in [0.1, 0.15) is 61.8 Å². The van der Waals surface area contributed by atoms with Crippen molar-refractivity contribution in [1.82, 2.24) is 14.9 Å². The first-order valence-corrected chi connectivity index (χ1v) is 16.3. The highest BCUT2D eigenvalue weighted by atomic mass is 32.2. The van der Waals surface area contributed by atoms with Crippen molar-refractivity contribution in [3.05, 3.63) is 41.6 Å². The Morgan fingerprint density at radius 2 is 1.60 bits per heavy atom. The molecule has 0 amide bonds. The standard InChI is InChI=1S/C30H35N5O9S/c1-38-23-14-19-22(15-20(23)31-26-16-21(17-7-8-17)35(32-26)27-6-4-5-9-41-27)44-33-29(19)34-45(36,37)28-24(39-2)12-18(13-25(28)40-3)30-42-10-11-43-30/h12-17,27,30H,4-11H2,1-3H3,(H,31,32)(H,33,34). The van der Waals surface area contributed by atoms with Crippen molar-refractivity contribution in [2.45, 2.75) is 55.4 Å². The number of nitrogens with zero attached hydrogens (tertiary/aromatic N) is 3. The third-order valence-electron chi connectivity index (χ3n) is 8.12. The van der Waals surface area contributed by atoms with Crippen LogP contribution in [0.2, 0.25) is 0 Å². The highest BCUT2D eigenvalue weighted by Crippen LogP contribution is 2.44. The summed E-state index contributed by atoms with van der Waals surface area (Å²) in [4.78, 5) is -0.209. The molecule has 1 unspecified atom stereocenters. The Morgan fingerprint density at radius 3 is 2.24 bits per heavy atom. The zero-order valence-corrected chi connectivity index (χ0v) is 26.0. The minimum atomic E-state index is -4.28. The van der Waals surface area contributed by atoms with E-state index in [9.17, 15) is 8.42 Å². The van der Waals surface area contributed by atoms with E-state index in [1.807, 2.05) is 4.68 Å². The number of nitrogens with one attached hydrogen (secondary N) is 2. The Bertz CT molecular complexity index is 1780. The molecule has 7 rings (SSSR count). The zero-order chi connectivity index (χ0) is 31.1. The van der Waals surface area contributed by atoms with E-state index in [1.165, 1.54) is 21.3 Å². The lowest BCUT2D eigenvalue weighted by molar-refractivity contribution is -0.0444. The second-order valence-electron chi connectivity index (χ2n) is 11.1. The van der Waals surface area contributed by atoms with Crippen LogP contribution in [0, 0.1) is 0 Å². The van der Waals surface area contributed by atoms with Gasteiger partial charge < -0.3 is 38.3 Å². The van der Waals surface area contributed by atoms with Gasteiger partial charge in [0.25, 0.3) is 10.0 Å². The van der Waals surface area contributed by atoms with Gasteiger partial charge in [0.2, 0.25) is 0 Å². The summed E-state index contributed by atoms with van der Waals surface area (Å²) < 4.78 is 71.3. The van der Waals surface area contributed by atoms with E-state index in [4.69, 9.17) is 38.0 Å². The number of aromatic nitrogens is 3. The maximum Gasteiger partial charge on any atom is 0.270 e. The third kappa shape index (κ3) is 5.76. The predicted octanol–water partition coefficient (Wildman–Crippen LogP) is 5.22. The van der Waals surface area contributed by atoms with Crippen molar-refractivity contribution in [1.29, 1.82) is 0 Å². The minimum Gasteiger partial charge on any atom is -0.495 e. The summed E-state index contributed by atoms with van der Waals surface area (Å²) in [6.07, 6.45) is 4.64. The lowest BCUT2D eigenvalue weighted by Crippen LogP contribution is -2.20. The van der Waals surface area contributed by atoms with Gasteiger partial charge in [0.1, 0.15) is 17.2 Å². The van der Waals surface area contributed by atoms with Crippen LogP contribution in [-0.4, -0.2) is 64.5 Å². The molecule has 4 aromatic rings. The number of benzene rings is 2. The normalized spacial score (nSPS) is 19.1. The average Bonchev–Trinajstić information content (AvgIpc) is 3.41. The molecule has 1 aliphatic carbocycles. The lowest BCUT2D eigenvalue weighted by Gasteiger charge is -2.24. The number of anilines is 3. The summed E-state index contributed by atoms with van der Waals surface area (Å²) in [5.41, 5.74) is 2.64. The second-order valence-corrected chi connectivity index (χ2v) is 12.8. The molecule has 3 fully saturated rings. The zero-order valence-electron chi connectivity index (χ0n) is 25.2. The highest BCUT2D eigenvalue weighted by Gasteiger charge is 2.33. The molecule has 0 radical (unpaired) electrons. The van der Waals surface area contributed by atoms with Crippen LogP contribution in [0.15, 0.2) is 39.8 Å². The molecule has 3 aliphatic rings. The number of fused-ring (bicyclic) bond motifs is 1. The number of hydrogen-bond donors (Lipinski definition) is 2. The number of rotatable bonds is 11. The summed E-state index contributed by atoms with van der Waals surface area (Å²) in [7, 11) is -0.00301. The van der Waals surface area contributed by atoms with Gasteiger partial charge in [-0.25, -0.2) is 13.1 Å². The van der Waals surface area contributed by atoms with Crippen molar-refractivity contribution in [3.63, 3.8) is 0 Å². The minimum absolute atomic E-state index is 0.0276. The molecule has 2 aromatic heterocycles. The Morgan fingerprint density at radius 1 is 0.867 bits per heavy atom. The van der Waals surface area contributed by atoms with Crippen LogP contribution in [0.4, 0.5) is 17.3 Å². The average molecular weight is 642 g/mol. The molecule has 240 valence electrons. The van der Waals surface area contributed by atoms with Gasteiger partial charge in [-0.1, -0.05) is 5.16 Å². The van der Waals surface area contributed by atoms with E-state index in [1.54, 1.807) is 24.3 Å². The molecule has 1 atom stereocenters. The van der Waals surface area contributed by atoms with Gasteiger partial charge in [0.15, 0.2) is 34.6 Å². The SMILES string of the molecule is COc1cc2c(NS(=O)(=O)c3c(OC)cc(C4OCCO4)cc3OC)noc2cc1Nc1cc(C2CC2)n(C2CCCCO2)n1. The quantitative estimate of drug-likeness (QED) is 0.220. The summed E-state index contributed by atoms with van der Waals surface area (Å²) >= 11 is 0. The van der Waals surface area contributed by atoms with Gasteiger partial charge in [0, 0.05) is 35.9 Å². The van der Waals surface area contributed by atoms with E-state index in [2.05, 4.69) is 21.3 Å². The summed E-state index contributed by atoms with van der Waals surface area (Å²) in [5, 5.41) is 12.6. The maximum atomic E-state index is 13.7. The van der Waals surface area contributed by atoms with Crippen LogP contribution < -0.4 is 24.2 Å². The number of ether oxygens (including phenoxy) is 6. The lowest BCUT2D eigenvalue weighted by atomic mass is 10.2. The fourth-order valence-electron chi connectivity index (χ4n) is 5.77. The fraction of sp³-hybridized carbons (Fsp3) is 0.467. The molecule has 0 spiro atoms. The van der Waals surface area contributed by atoms with Crippen molar-refractivity contribution >= 4 is 38.3 Å². The van der Waals surface area contributed by atoms with Crippen molar-refractivity contribution in [2.75, 3.05) is 51.2 Å². The van der Waals surface area contributed by atoms with Crippen LogP contribution in [0.3, 0.4) is 0 Å². The van der Waals surface area contributed by atoms with Gasteiger partial charge in [-0.2, -0.15) is 5.10 Å². The first kappa shape index (κ1) is 29.6. The Kier molecular flexibility index (Phi) is 7.93. The molecule has 2 saturated heterocycles. The van der Waals surface area contributed by atoms with Crippen molar-refractivity contribution in [3.8, 4) is 17.2 Å². The Labute approximate surface area is 259 Å². The molecule has 2 N–H and O–H groups in total. The molecule has 14 nitrogen and oxygen atoms in total. The fourth-order valence-corrected chi connectivity index (χ4v) is 7.09. The van der Waals surface area contributed by atoms with Gasteiger partial charge in [-0.05, 0) is 50.3 Å². The van der Waals surface area contributed by atoms with Crippen LogP contribution in [0.5, 0.6) is 17.2 Å². The molecule has 1 saturated carbocycles. The second kappa shape index (κ2) is 12.0. The van der Waals surface area contributed by atoms with E-state index in [-0.39, 0.29) is 28.4 Å². The molecule has 2 aliphatic heterocycles. The van der Waals surface area contributed by atoms with Crippen LogP contribution in [-0.2, 0) is 24.2 Å². The Hall–Kier alpha value is -4.05. The van der Waals surface area contributed by atoms with E-state index >= 15 is 0 Å². The van der Waals surface area contributed by atoms with Gasteiger partial charge >= 0.3 is 0 Å². The molecular formula is C30H35N5O9S. The first-order chi connectivity index (χ1) is 21.9. The monoisotopic (exact) mass is 641 g/mol. The number of sulfonamides is 1. The van der Waals surface area contributed by atoms with Crippen molar-refractivity contribution in [2.24, 2.45) is 0 Å². The van der Waals surface area contributed by atoms with Crippen LogP contribution >= 0.6 is 0 Å². The molecule has 15 heteroatoms. The third-order valence-corrected chi connectivity index (χ3v) is 9.52. The predicted molar refractivity (Wildman–Crippen MR) is 162 cm³/mol. The van der Waals surface area contributed by atoms with Gasteiger partial charge in [-0.15, -0.1) is 0 Å². The first-order valence-electron chi connectivity index (χ1n) is 14.9. The molecule has 0 bridgehead atoms. The molecule has 4 heterocycles.